The van der Waals surface area contributed by atoms with Gasteiger partial charge in [-0.15, -0.1) is 23.1 Å². The van der Waals surface area contributed by atoms with E-state index in [9.17, 15) is 0 Å². The Morgan fingerprint density at radius 2 is 1.53 bits per heavy atom. The van der Waals surface area contributed by atoms with Gasteiger partial charge in [-0.05, 0) is 28.7 Å². The van der Waals surface area contributed by atoms with E-state index in [0.717, 1.165) is 27.5 Å². The normalized spacial score (nSPS) is 17.4. The van der Waals surface area contributed by atoms with E-state index < -0.39 is 0 Å². The van der Waals surface area contributed by atoms with Gasteiger partial charge >= 0.3 is 0 Å². The molecular weight excluding hydrogens is 499 g/mol. The van der Waals surface area contributed by atoms with Crippen molar-refractivity contribution in [3.05, 3.63) is 124 Å². The Kier molecular flexibility index (Phi) is 6.81. The van der Waals surface area contributed by atoms with Crippen LogP contribution in [-0.2, 0) is 6.42 Å². The van der Waals surface area contributed by atoms with Crippen molar-refractivity contribution in [2.45, 2.75) is 22.1 Å². The lowest BCUT2D eigenvalue weighted by Crippen LogP contribution is -2.12. The van der Waals surface area contributed by atoms with Crippen LogP contribution in [0.5, 0.6) is 0 Å². The van der Waals surface area contributed by atoms with Crippen molar-refractivity contribution in [2.24, 2.45) is 0 Å². The van der Waals surface area contributed by atoms with Crippen LogP contribution in [0.25, 0.3) is 16.3 Å². The molecule has 0 saturated heterocycles. The fourth-order valence-corrected chi connectivity index (χ4v) is 8.35. The molecule has 5 aromatic rings. The predicted octanol–water partition coefficient (Wildman–Crippen LogP) is 8.20. The molecule has 0 spiro atoms. The highest BCUT2D eigenvalue weighted by molar-refractivity contribution is 8.00. The molecule has 0 saturated carbocycles. The van der Waals surface area contributed by atoms with Crippen LogP contribution in [0.4, 0.5) is 5.82 Å². The number of nitrogen functional groups attached to an aromatic ring is 1. The van der Waals surface area contributed by atoms with Crippen LogP contribution >= 0.6 is 34.9 Å². The monoisotopic (exact) mass is 523 g/mol. The zero-order chi connectivity index (χ0) is 24.3. The molecule has 3 aromatic carbocycles. The first kappa shape index (κ1) is 23.3. The summed E-state index contributed by atoms with van der Waals surface area (Å²) >= 11 is 5.43. The summed E-state index contributed by atoms with van der Waals surface area (Å²) in [5, 5.41) is 2.39. The van der Waals surface area contributed by atoms with E-state index in [1.54, 1.807) is 23.1 Å². The molecule has 2 aromatic heterocycles. The molecule has 0 fully saturated rings. The number of nitrogens with zero attached hydrogens (tertiary/aromatic N) is 2. The zero-order valence-corrected chi connectivity index (χ0v) is 22.0. The molecule has 0 bridgehead atoms. The Labute approximate surface area is 223 Å². The van der Waals surface area contributed by atoms with Crippen LogP contribution in [-0.4, -0.2) is 15.7 Å². The summed E-state index contributed by atoms with van der Waals surface area (Å²) in [6, 6.07) is 31.9. The molecular formula is C30H25N3S3. The second-order valence-corrected chi connectivity index (χ2v) is 12.0. The van der Waals surface area contributed by atoms with Crippen LogP contribution in [0, 0.1) is 0 Å². The maximum absolute atomic E-state index is 6.61. The number of aromatic nitrogens is 2. The van der Waals surface area contributed by atoms with Crippen molar-refractivity contribution in [2.75, 3.05) is 11.5 Å². The fraction of sp³-hybridized carbons (Fsp3) is 0.133. The molecule has 3 nitrogen and oxygen atoms in total. The first-order valence-electron chi connectivity index (χ1n) is 11.9. The summed E-state index contributed by atoms with van der Waals surface area (Å²) < 4.78 is 0. The average Bonchev–Trinajstić information content (AvgIpc) is 3.31. The van der Waals surface area contributed by atoms with Crippen molar-refractivity contribution in [3.63, 3.8) is 0 Å². The molecule has 3 heterocycles. The molecule has 0 aliphatic carbocycles. The smallest absolute Gasteiger partial charge is 0.191 e. The SMILES string of the molecule is Nc1nc(SC/C=C/c2ccccc2)nc2sc3c(c12)C[C@@H](c1ccccc1)S[C@H]3c1ccccc1. The molecule has 2 atom stereocenters. The Hall–Kier alpha value is -3.06. The van der Waals surface area contributed by atoms with E-state index in [0.29, 0.717) is 11.1 Å². The summed E-state index contributed by atoms with van der Waals surface area (Å²) in [6.45, 7) is 0. The number of benzene rings is 3. The van der Waals surface area contributed by atoms with Crippen LogP contribution in [0.15, 0.2) is 102 Å². The Balaban J connectivity index is 1.34. The van der Waals surface area contributed by atoms with E-state index >= 15 is 0 Å². The van der Waals surface area contributed by atoms with Crippen LogP contribution < -0.4 is 5.73 Å². The molecule has 0 amide bonds. The van der Waals surface area contributed by atoms with E-state index in [4.69, 9.17) is 15.7 Å². The van der Waals surface area contributed by atoms with Crippen molar-refractivity contribution >= 4 is 57.0 Å². The summed E-state index contributed by atoms with van der Waals surface area (Å²) in [7, 11) is 0. The van der Waals surface area contributed by atoms with Gasteiger partial charge in [-0.2, -0.15) is 0 Å². The standard InChI is InChI=1S/C30H25N3S3/c31-28-25-23-19-24(21-14-6-2-7-15-21)35-26(22-16-8-3-9-17-22)27(23)36-29(25)33-30(32-28)34-18-10-13-20-11-4-1-5-12-20/h1-17,24,26H,18-19H2,(H2,31,32,33)/b13-10+/t24-,26-/m0/s1. The lowest BCUT2D eigenvalue weighted by atomic mass is 9.98. The van der Waals surface area contributed by atoms with Gasteiger partial charge in [0.25, 0.3) is 0 Å². The van der Waals surface area contributed by atoms with Gasteiger partial charge in [-0.1, -0.05) is 115 Å². The average molecular weight is 524 g/mol. The third-order valence-electron chi connectivity index (χ3n) is 6.31. The molecule has 1 aliphatic heterocycles. The molecule has 6 rings (SSSR count). The van der Waals surface area contributed by atoms with Gasteiger partial charge in [-0.25, -0.2) is 9.97 Å². The predicted molar refractivity (Wildman–Crippen MR) is 157 cm³/mol. The first-order chi connectivity index (χ1) is 17.8. The highest BCUT2D eigenvalue weighted by Gasteiger charge is 2.34. The third kappa shape index (κ3) is 4.81. The minimum absolute atomic E-state index is 0.253. The molecule has 0 unspecified atom stereocenters. The number of hydrogen-bond acceptors (Lipinski definition) is 6. The lowest BCUT2D eigenvalue weighted by Gasteiger charge is -2.30. The number of thioether (sulfide) groups is 2. The zero-order valence-electron chi connectivity index (χ0n) is 19.6. The van der Waals surface area contributed by atoms with Crippen LogP contribution in [0.1, 0.15) is 37.6 Å². The van der Waals surface area contributed by atoms with Crippen LogP contribution in [0.2, 0.25) is 0 Å². The molecule has 1 aliphatic rings. The number of thiophene rings is 1. The topological polar surface area (TPSA) is 51.8 Å². The van der Waals surface area contributed by atoms with Crippen molar-refractivity contribution in [1.82, 2.24) is 9.97 Å². The summed E-state index contributed by atoms with van der Waals surface area (Å²) in [5.41, 5.74) is 11.8. The van der Waals surface area contributed by atoms with E-state index in [1.807, 2.05) is 30.0 Å². The summed E-state index contributed by atoms with van der Waals surface area (Å²) in [5.74, 6) is 1.39. The summed E-state index contributed by atoms with van der Waals surface area (Å²) in [4.78, 5) is 12.0. The first-order valence-corrected chi connectivity index (χ1v) is 14.7. The maximum Gasteiger partial charge on any atom is 0.191 e. The molecule has 0 radical (unpaired) electrons. The van der Waals surface area contributed by atoms with E-state index in [1.165, 1.54) is 27.1 Å². The molecule has 178 valence electrons. The Morgan fingerprint density at radius 3 is 2.25 bits per heavy atom. The lowest BCUT2D eigenvalue weighted by molar-refractivity contribution is 0.893. The largest absolute Gasteiger partial charge is 0.383 e. The highest BCUT2D eigenvalue weighted by Crippen LogP contribution is 2.55. The number of rotatable bonds is 6. The van der Waals surface area contributed by atoms with Crippen molar-refractivity contribution in [1.29, 1.82) is 0 Å². The second-order valence-electron chi connectivity index (χ2n) is 8.67. The number of hydrogen-bond donors (Lipinski definition) is 1. The van der Waals surface area contributed by atoms with E-state index in [2.05, 4.69) is 84.9 Å². The highest BCUT2D eigenvalue weighted by atomic mass is 32.2. The number of nitrogens with two attached hydrogens (primary N) is 1. The molecule has 36 heavy (non-hydrogen) atoms. The van der Waals surface area contributed by atoms with Gasteiger partial charge in [0.1, 0.15) is 10.6 Å². The number of anilines is 1. The fourth-order valence-electron chi connectivity index (χ4n) is 4.61. The van der Waals surface area contributed by atoms with E-state index in [-0.39, 0.29) is 5.25 Å². The summed E-state index contributed by atoms with van der Waals surface area (Å²) in [6.07, 6.45) is 5.22. The Bertz CT molecular complexity index is 1500. The van der Waals surface area contributed by atoms with Gasteiger partial charge in [0.15, 0.2) is 5.16 Å². The second kappa shape index (κ2) is 10.5. The van der Waals surface area contributed by atoms with Crippen molar-refractivity contribution in [3.8, 4) is 0 Å². The molecule has 6 heteroatoms. The number of fused-ring (bicyclic) bond motifs is 3. The minimum Gasteiger partial charge on any atom is -0.383 e. The van der Waals surface area contributed by atoms with Gasteiger partial charge in [0, 0.05) is 15.9 Å². The van der Waals surface area contributed by atoms with Gasteiger partial charge < -0.3 is 5.73 Å². The maximum atomic E-state index is 6.61. The van der Waals surface area contributed by atoms with Crippen LogP contribution in [0.3, 0.4) is 0 Å². The van der Waals surface area contributed by atoms with Gasteiger partial charge in [-0.3, -0.25) is 0 Å². The quantitative estimate of drug-likeness (QED) is 0.180. The molecule has 2 N–H and O–H groups in total. The Morgan fingerprint density at radius 1 is 0.861 bits per heavy atom. The van der Waals surface area contributed by atoms with Crippen molar-refractivity contribution < 1.29 is 0 Å². The third-order valence-corrected chi connectivity index (χ3v) is 10.00. The van der Waals surface area contributed by atoms with Gasteiger partial charge in [0.2, 0.25) is 0 Å². The minimum atomic E-state index is 0.253. The van der Waals surface area contributed by atoms with Gasteiger partial charge in [0.05, 0.1) is 10.6 Å².